The molecule has 3 radical (unpaired) electrons. The van der Waals surface area contributed by atoms with Gasteiger partial charge in [-0.2, -0.15) is 0 Å². The number of nitro benzene ring substituents is 2. The Labute approximate surface area is 750 Å². The number of rotatable bonds is 9. The van der Waals surface area contributed by atoms with E-state index < -0.39 is 20.0 Å². The number of benzene rings is 17. The molecule has 0 bridgehead atoms. The minimum atomic E-state index is -1.00. The van der Waals surface area contributed by atoms with Gasteiger partial charge in [-0.3, -0.25) is 24.6 Å². The first kappa shape index (κ1) is 88.6. The fraction of sp³-hybridized carbons (Fsp3) is 0.0505. The van der Waals surface area contributed by atoms with Crippen LogP contribution in [-0.4, -0.2) is 42.1 Å². The van der Waals surface area contributed by atoms with E-state index in [1.807, 2.05) is 109 Å². The lowest BCUT2D eigenvalue weighted by Crippen LogP contribution is -2.20. The molecule has 9 nitrogen and oxygen atoms in total. The second-order valence-electron chi connectivity index (χ2n) is 25.6. The second-order valence-corrected chi connectivity index (χ2v) is 33.6. The molecule has 118 heavy (non-hydrogen) atoms. The van der Waals surface area contributed by atoms with Crippen molar-refractivity contribution in [2.24, 2.45) is 0 Å². The molecule has 0 saturated carbocycles. The Hall–Kier alpha value is -10.2. The first-order valence-electron chi connectivity index (χ1n) is 37.5. The number of aromatic nitrogens is 1. The summed E-state index contributed by atoms with van der Waals surface area (Å²) in [4.78, 5) is 20.7. The maximum absolute atomic E-state index is 11.2. The van der Waals surface area contributed by atoms with Gasteiger partial charge in [-0.05, 0) is 249 Å². The van der Waals surface area contributed by atoms with Crippen molar-refractivity contribution < 1.29 is 26.7 Å². The molecule has 0 unspecified atom stereocenters. The number of nitro groups is 2. The summed E-state index contributed by atoms with van der Waals surface area (Å²) >= 11 is 18.9. The summed E-state index contributed by atoms with van der Waals surface area (Å²) in [5.41, 5.74) is 11.0. The highest BCUT2D eigenvalue weighted by Crippen LogP contribution is 2.42. The van der Waals surface area contributed by atoms with Gasteiger partial charge < -0.3 is 14.2 Å². The quantitative estimate of drug-likeness (QED) is 0.0505. The van der Waals surface area contributed by atoms with Crippen LogP contribution < -0.4 is 20.6 Å². The summed E-state index contributed by atoms with van der Waals surface area (Å²) in [5.74, 6) is 0.640. The van der Waals surface area contributed by atoms with Crippen LogP contribution in [0, 0.1) is 23.8 Å². The van der Waals surface area contributed by atoms with Crippen LogP contribution >= 0.6 is 110 Å². The Kier molecular flexibility index (Phi) is 34.7. The highest BCUT2D eigenvalue weighted by atomic mass is 127. The van der Waals surface area contributed by atoms with E-state index in [-0.39, 0.29) is 38.0 Å². The molecule has 0 aliphatic heterocycles. The van der Waals surface area contributed by atoms with Crippen LogP contribution in [0.1, 0.15) is 28.7 Å². The molecule has 0 fully saturated rings. The number of para-hydroxylation sites is 1. The third kappa shape index (κ3) is 24.3. The molecule has 0 atom stereocenters. The highest BCUT2D eigenvalue weighted by molar-refractivity contribution is 14.1. The molecule has 0 saturated heterocycles. The summed E-state index contributed by atoms with van der Waals surface area (Å²) in [7, 11) is 3.75. The van der Waals surface area contributed by atoms with Crippen LogP contribution in [0.2, 0.25) is 6.80 Å². The van der Waals surface area contributed by atoms with Gasteiger partial charge in [-0.15, -0.1) is 0 Å². The molecule has 0 spiro atoms. The van der Waals surface area contributed by atoms with Crippen molar-refractivity contribution in [3.8, 4) is 33.7 Å². The Morgan fingerprint density at radius 2 is 0.814 bits per heavy atom. The van der Waals surface area contributed by atoms with Gasteiger partial charge in [0.15, 0.2) is 0 Å². The van der Waals surface area contributed by atoms with Crippen LogP contribution in [0.15, 0.2) is 405 Å². The first-order chi connectivity index (χ1) is 57.4. The van der Waals surface area contributed by atoms with Crippen molar-refractivity contribution in [2.45, 2.75) is 28.1 Å². The van der Waals surface area contributed by atoms with Crippen molar-refractivity contribution in [2.75, 3.05) is 7.15 Å². The van der Waals surface area contributed by atoms with E-state index in [9.17, 15) is 24.6 Å². The minimum Gasteiger partial charge on any atom is -0.537 e. The van der Waals surface area contributed by atoms with Crippen LogP contribution in [0.5, 0.6) is 5.75 Å². The number of hydrogen-bond donors (Lipinski definition) is 1. The smallest absolute Gasteiger partial charge is 0.537 e. The third-order valence-electron chi connectivity index (χ3n) is 18.3. The van der Waals surface area contributed by atoms with E-state index in [4.69, 9.17) is 12.4 Å². The van der Waals surface area contributed by atoms with Crippen LogP contribution in [0.3, 0.4) is 0 Å². The lowest BCUT2D eigenvalue weighted by atomic mass is 10.00. The Bertz CT molecular complexity index is 6290. The molecule has 587 valence electrons. The van der Waals surface area contributed by atoms with E-state index >= 15 is 0 Å². The number of nitrogens with zero attached hydrogens (tertiary/aromatic N) is 3. The van der Waals surface area contributed by atoms with E-state index in [0.717, 1.165) is 38.0 Å². The van der Waals surface area contributed by atoms with Crippen molar-refractivity contribution in [3.63, 3.8) is 0 Å². The van der Waals surface area contributed by atoms with Gasteiger partial charge in [0.25, 0.3) is 11.4 Å². The number of halogens is 7. The average Bonchev–Trinajstić information content (AvgIpc) is 1.58. The fourth-order valence-corrected chi connectivity index (χ4v) is 17.7. The summed E-state index contributed by atoms with van der Waals surface area (Å²) in [6.45, 7) is 0. The number of hydrogen-bond acceptors (Lipinski definition) is 6. The largest absolute Gasteiger partial charge is 0.569 e. The topological polar surface area (TPSA) is 121 Å². The van der Waals surface area contributed by atoms with Gasteiger partial charge in [-0.1, -0.05) is 346 Å². The first-order valence-corrected chi connectivity index (χ1v) is 42.5. The van der Waals surface area contributed by atoms with E-state index in [1.165, 1.54) is 107 Å². The molecule has 19 rings (SSSR count). The predicted molar refractivity (Wildman–Crippen MR) is 527 cm³/mol. The zero-order valence-electron chi connectivity index (χ0n) is 64.1. The molecule has 17 aromatic carbocycles. The van der Waals surface area contributed by atoms with Crippen molar-refractivity contribution in [1.29, 1.82) is 0 Å². The maximum atomic E-state index is 11.2. The van der Waals surface area contributed by atoms with Crippen LogP contribution in [0.25, 0.3) is 92.8 Å². The zero-order chi connectivity index (χ0) is 83.3. The monoisotopic (exact) mass is 2000 g/mol. The third-order valence-corrected chi connectivity index (χ3v) is 24.1. The van der Waals surface area contributed by atoms with Gasteiger partial charge in [0.1, 0.15) is 5.75 Å². The highest BCUT2D eigenvalue weighted by Gasteiger charge is 2.21. The van der Waals surface area contributed by atoms with Gasteiger partial charge in [0, 0.05) is 51.4 Å². The summed E-state index contributed by atoms with van der Waals surface area (Å²) < 4.78 is 34.1. The molecular weight excluding hydrogens is 1930 g/mol. The van der Waals surface area contributed by atoms with E-state index in [1.54, 1.807) is 18.2 Å². The predicted octanol–water partition coefficient (Wildman–Crippen LogP) is 29.7. The second kappa shape index (κ2) is 46.2. The van der Waals surface area contributed by atoms with Gasteiger partial charge in [0.2, 0.25) is 0 Å². The fourth-order valence-electron chi connectivity index (χ4n) is 13.2. The van der Waals surface area contributed by atoms with Crippen molar-refractivity contribution in [3.05, 3.63) is 439 Å². The summed E-state index contributed by atoms with van der Waals surface area (Å²) in [6, 6.07) is 130. The SMILES string of the molecule is Brc1ccc2c(c1)Cc1cc3ccccc3cc1-2.Brc1ccc2c3cc4ccccc4cc3n(-c3ccccc3)c2c1.C.C.Ic1ccccc1.O=[N+]([O-])c1cc(Br)ccc1-c1ccc2ccccc2c1.O=[N+]([O-])c1cc(Br)ccc1Br.O[B]Oc1ccc2ccccc2c1.[2H]CF.[2H]C[B].c1ccc(P(c2ccccc2)c2ccccc2)cc1. The van der Waals surface area contributed by atoms with Crippen molar-refractivity contribution in [1.82, 2.24) is 4.57 Å². The Balaban J connectivity index is 0.000000160. The molecule has 1 N–H and O–H groups in total. The van der Waals surface area contributed by atoms with Crippen molar-refractivity contribution >= 4 is 218 Å². The molecule has 1 aliphatic carbocycles. The molecule has 1 aromatic heterocycles. The van der Waals surface area contributed by atoms with Gasteiger partial charge >= 0.3 is 7.69 Å². The van der Waals surface area contributed by atoms with Gasteiger partial charge in [-0.25, -0.2) is 0 Å². The molecule has 19 heteroatoms. The molecular formula is C99H80B2Br5FIN3O6P. The van der Waals surface area contributed by atoms with E-state index in [2.05, 4.69) is 357 Å². The molecule has 0 amide bonds. The lowest BCUT2D eigenvalue weighted by Gasteiger charge is -2.18. The lowest BCUT2D eigenvalue weighted by molar-refractivity contribution is -0.385. The molecule has 1 heterocycles. The molecule has 1 aliphatic rings. The Morgan fingerprint density at radius 1 is 0.424 bits per heavy atom. The minimum absolute atomic E-state index is 0. The molecule has 18 aromatic rings. The standard InChI is InChI=1S/C22H14BrN.C18H15P.C17H11Br.C16H10BrNO2.C10H8BO2.C6H3Br2NO2.C6H5I.CH3B.CH3F.2CH4/c23-17-10-11-19-20-12-15-6-4-5-7-16(15)13-21(20)24(22(19)14-17)18-8-2-1-3-9-18;1-4-10-16(11-5-1)19(17-12-6-2-7-13-17)18-14-8-3-9-15-18;18-15-5-6-16-14(9-15)8-13-7-11-3-1-2-4-12(11)10-17(13)16;17-14-7-8-15(16(10-14)18(19)20)13-6-5-11-3-1-2-4-12(11)9-13;12-11-13-10-6-5-8-3-1-2-4-9(8)7-10;7-4-1-2-5(8)6(3-4)9(10)11;7-6-4-2-1-3-5-6;2*1-2;;/h1-14H;1-15H;1-7,9-10H,8H2;1-10H;1-7,12H;1-3H;1-5H;2*1H3;2*1H4/i;;;;;;;2*1D;;. The van der Waals surface area contributed by atoms with E-state index in [0.29, 0.717) is 32.4 Å². The van der Waals surface area contributed by atoms with Crippen LogP contribution in [0.4, 0.5) is 15.8 Å². The number of fused-ring (bicyclic) bond motifs is 10. The average molecular weight is 2010 g/mol. The summed E-state index contributed by atoms with van der Waals surface area (Å²) in [5, 5.41) is 46.4. The zero-order valence-corrected chi connectivity index (χ0v) is 73.1. The maximum Gasteiger partial charge on any atom is 0.569 e. The summed E-state index contributed by atoms with van der Waals surface area (Å²) in [6.07, 6.45) is 1.05. The number of alkyl halides is 1. The van der Waals surface area contributed by atoms with Gasteiger partial charge in [0.05, 0.1) is 47.3 Å². The normalized spacial score (nSPS) is 10.6. The Morgan fingerprint density at radius 3 is 1.31 bits per heavy atom. The van der Waals surface area contributed by atoms with Crippen LogP contribution in [-0.2, 0) is 6.42 Å².